The maximum Gasteiger partial charge on any atom is 0.301 e. The van der Waals surface area contributed by atoms with Crippen LogP contribution in [0.4, 0.5) is 5.13 Å². The molecule has 0 radical (unpaired) electrons. The second kappa shape index (κ2) is 12.3. The number of carbonyl (C=O) groups is 2. The van der Waals surface area contributed by atoms with Crippen molar-refractivity contribution in [1.82, 2.24) is 10.2 Å². The molecule has 0 saturated carbocycles. The second-order valence-electron chi connectivity index (χ2n) is 9.68. The van der Waals surface area contributed by atoms with Gasteiger partial charge in [-0.1, -0.05) is 77.7 Å². The number of hydrogen-bond donors (Lipinski definition) is 1. The van der Waals surface area contributed by atoms with Crippen molar-refractivity contribution in [2.45, 2.75) is 23.1 Å². The third-order valence-corrected chi connectivity index (χ3v) is 9.23. The zero-order valence-electron chi connectivity index (χ0n) is 23.4. The number of amides is 1. The van der Waals surface area contributed by atoms with Crippen molar-refractivity contribution < 1.29 is 24.2 Å². The largest absolute Gasteiger partial charge is 0.507 e. The van der Waals surface area contributed by atoms with Gasteiger partial charge in [-0.2, -0.15) is 0 Å². The van der Waals surface area contributed by atoms with Crippen LogP contribution in [0.3, 0.4) is 0 Å². The average Bonchev–Trinajstić information content (AvgIpc) is 3.61. The molecule has 6 rings (SSSR count). The van der Waals surface area contributed by atoms with E-state index in [4.69, 9.17) is 9.47 Å². The summed E-state index contributed by atoms with van der Waals surface area (Å²) in [5.41, 5.74) is 2.10. The van der Waals surface area contributed by atoms with Crippen LogP contribution in [0, 0.1) is 0 Å². The van der Waals surface area contributed by atoms with E-state index in [2.05, 4.69) is 34.5 Å². The lowest BCUT2D eigenvalue weighted by Crippen LogP contribution is -2.29. The highest BCUT2D eigenvalue weighted by molar-refractivity contribution is 8.00. The molecule has 216 valence electrons. The van der Waals surface area contributed by atoms with Gasteiger partial charge in [-0.25, -0.2) is 0 Å². The van der Waals surface area contributed by atoms with Crippen molar-refractivity contribution in [3.8, 4) is 11.5 Å². The van der Waals surface area contributed by atoms with Gasteiger partial charge in [0.25, 0.3) is 5.78 Å². The summed E-state index contributed by atoms with van der Waals surface area (Å²) in [6.07, 6.45) is 0. The van der Waals surface area contributed by atoms with Crippen molar-refractivity contribution in [1.29, 1.82) is 0 Å². The van der Waals surface area contributed by atoms with Crippen molar-refractivity contribution in [3.05, 3.63) is 113 Å². The number of thioether (sulfide) groups is 1. The Hall–Kier alpha value is -4.67. The first kappa shape index (κ1) is 28.4. The summed E-state index contributed by atoms with van der Waals surface area (Å²) >= 11 is 2.74. The molecule has 1 unspecified atom stereocenters. The standard InChI is InChI=1S/C33H27N3O5S2/c1-3-41-25-12-7-10-22(18-25)28-27(29(37)21-14-16-24(40-2)17-15-21)30(38)31(39)36(28)32-34-35-33(43-32)42-19-23-11-6-9-20-8-4-5-13-26(20)23/h4-18,28,37H,3,19H2,1-2H3/b29-27+. The number of ketones is 1. The van der Waals surface area contributed by atoms with Crippen LogP contribution >= 0.6 is 23.1 Å². The zero-order chi connectivity index (χ0) is 29.9. The minimum absolute atomic E-state index is 0.0380. The summed E-state index contributed by atoms with van der Waals surface area (Å²) in [5.74, 6) is -0.0418. The van der Waals surface area contributed by atoms with Gasteiger partial charge in [0, 0.05) is 11.3 Å². The number of carbonyl (C=O) groups excluding carboxylic acids is 2. The van der Waals surface area contributed by atoms with Crippen molar-refractivity contribution >= 4 is 56.5 Å². The Morgan fingerprint density at radius 3 is 2.51 bits per heavy atom. The lowest BCUT2D eigenvalue weighted by atomic mass is 9.95. The van der Waals surface area contributed by atoms with Crippen LogP contribution in [0.25, 0.3) is 16.5 Å². The van der Waals surface area contributed by atoms with Crippen molar-refractivity contribution in [3.63, 3.8) is 0 Å². The van der Waals surface area contributed by atoms with Crippen LogP contribution in [0.2, 0.25) is 0 Å². The van der Waals surface area contributed by atoms with Crippen molar-refractivity contribution in [2.75, 3.05) is 18.6 Å². The third-order valence-electron chi connectivity index (χ3n) is 7.13. The molecule has 1 amide bonds. The molecule has 0 spiro atoms. The summed E-state index contributed by atoms with van der Waals surface area (Å²) in [6.45, 7) is 2.32. The highest BCUT2D eigenvalue weighted by Crippen LogP contribution is 2.44. The van der Waals surface area contributed by atoms with Gasteiger partial charge in [-0.15, -0.1) is 10.2 Å². The quantitative estimate of drug-likeness (QED) is 0.0626. The van der Waals surface area contributed by atoms with Crippen LogP contribution < -0.4 is 14.4 Å². The first-order valence-corrected chi connectivity index (χ1v) is 15.4. The van der Waals surface area contributed by atoms with E-state index in [1.165, 1.54) is 33.4 Å². The van der Waals surface area contributed by atoms with E-state index < -0.39 is 17.7 Å². The predicted octanol–water partition coefficient (Wildman–Crippen LogP) is 7.02. The van der Waals surface area contributed by atoms with Gasteiger partial charge in [0.2, 0.25) is 5.13 Å². The molecule has 10 heteroatoms. The zero-order valence-corrected chi connectivity index (χ0v) is 25.0. The molecule has 1 aliphatic rings. The summed E-state index contributed by atoms with van der Waals surface area (Å²) in [6, 6.07) is 27.3. The molecule has 8 nitrogen and oxygen atoms in total. The Morgan fingerprint density at radius 1 is 0.953 bits per heavy atom. The number of ether oxygens (including phenoxy) is 2. The Morgan fingerprint density at radius 2 is 1.72 bits per heavy atom. The van der Waals surface area contributed by atoms with E-state index in [1.807, 2.05) is 25.1 Å². The molecule has 43 heavy (non-hydrogen) atoms. The monoisotopic (exact) mass is 609 g/mol. The lowest BCUT2D eigenvalue weighted by molar-refractivity contribution is -0.132. The van der Waals surface area contributed by atoms with Crippen LogP contribution in [0.5, 0.6) is 11.5 Å². The molecule has 1 fully saturated rings. The first-order chi connectivity index (χ1) is 21.0. The maximum atomic E-state index is 13.6. The summed E-state index contributed by atoms with van der Waals surface area (Å²) in [5, 5.41) is 22.7. The van der Waals surface area contributed by atoms with Crippen LogP contribution in [-0.4, -0.2) is 40.7 Å². The number of Topliss-reactive ketones (excluding diaryl/α,β-unsaturated/α-hetero) is 1. The number of fused-ring (bicyclic) bond motifs is 1. The Bertz CT molecular complexity index is 1850. The number of nitrogens with zero attached hydrogens (tertiary/aromatic N) is 3. The van der Waals surface area contributed by atoms with Gasteiger partial charge >= 0.3 is 5.91 Å². The molecule has 0 bridgehead atoms. The van der Waals surface area contributed by atoms with E-state index in [9.17, 15) is 14.7 Å². The van der Waals surface area contributed by atoms with E-state index >= 15 is 0 Å². The molecule has 5 aromatic rings. The van der Waals surface area contributed by atoms with Gasteiger partial charge < -0.3 is 14.6 Å². The van der Waals surface area contributed by atoms with E-state index in [1.54, 1.807) is 55.6 Å². The number of aromatic nitrogens is 2. The molecule has 1 aliphatic heterocycles. The Labute approximate surface area is 256 Å². The number of anilines is 1. The lowest BCUT2D eigenvalue weighted by Gasteiger charge is -2.23. The number of aliphatic hydroxyl groups excluding tert-OH is 1. The average molecular weight is 610 g/mol. The van der Waals surface area contributed by atoms with Gasteiger partial charge in [0.15, 0.2) is 4.34 Å². The highest BCUT2D eigenvalue weighted by Gasteiger charge is 2.48. The SMILES string of the molecule is CCOc1cccc(C2/C(=C(\O)c3ccc(OC)cc3)C(=O)C(=O)N2c2nnc(SCc3cccc4ccccc34)s2)c1. The Kier molecular flexibility index (Phi) is 8.13. The number of rotatable bonds is 9. The molecule has 2 heterocycles. The van der Waals surface area contributed by atoms with E-state index in [0.717, 1.165) is 10.9 Å². The first-order valence-electron chi connectivity index (χ1n) is 13.6. The summed E-state index contributed by atoms with van der Waals surface area (Å²) < 4.78 is 11.6. The molecule has 4 aromatic carbocycles. The van der Waals surface area contributed by atoms with E-state index in [0.29, 0.717) is 39.3 Å². The minimum atomic E-state index is -0.939. The summed E-state index contributed by atoms with van der Waals surface area (Å²) in [4.78, 5) is 28.5. The maximum absolute atomic E-state index is 13.6. The molecular weight excluding hydrogens is 583 g/mol. The van der Waals surface area contributed by atoms with Crippen LogP contribution in [0.1, 0.15) is 29.7 Å². The van der Waals surface area contributed by atoms with Gasteiger partial charge in [-0.3, -0.25) is 14.5 Å². The number of benzene rings is 4. The molecular formula is C33H27N3O5S2. The smallest absolute Gasteiger partial charge is 0.301 e. The van der Waals surface area contributed by atoms with Crippen LogP contribution in [-0.2, 0) is 15.3 Å². The van der Waals surface area contributed by atoms with Gasteiger partial charge in [0.1, 0.15) is 17.3 Å². The normalized spacial score (nSPS) is 16.1. The van der Waals surface area contributed by atoms with E-state index in [-0.39, 0.29) is 16.5 Å². The molecule has 1 aromatic heterocycles. The fourth-order valence-electron chi connectivity index (χ4n) is 5.11. The van der Waals surface area contributed by atoms with Crippen LogP contribution in [0.15, 0.2) is 101 Å². The highest BCUT2D eigenvalue weighted by atomic mass is 32.2. The Balaban J connectivity index is 1.38. The minimum Gasteiger partial charge on any atom is -0.507 e. The van der Waals surface area contributed by atoms with Crippen molar-refractivity contribution in [2.24, 2.45) is 0 Å². The predicted molar refractivity (Wildman–Crippen MR) is 169 cm³/mol. The molecule has 1 atom stereocenters. The molecule has 1 saturated heterocycles. The fourth-order valence-corrected chi connectivity index (χ4v) is 6.98. The second-order valence-corrected chi connectivity index (χ2v) is 11.9. The van der Waals surface area contributed by atoms with Gasteiger partial charge in [-0.05, 0) is 65.2 Å². The third kappa shape index (κ3) is 5.59. The number of hydrogen-bond acceptors (Lipinski definition) is 9. The topological polar surface area (TPSA) is 102 Å². The number of methoxy groups -OCH3 is 1. The summed E-state index contributed by atoms with van der Waals surface area (Å²) in [7, 11) is 1.54. The molecule has 0 aliphatic carbocycles. The number of aliphatic hydroxyl groups is 1. The fraction of sp³-hybridized carbons (Fsp3) is 0.152. The van der Waals surface area contributed by atoms with Gasteiger partial charge in [0.05, 0.1) is 25.3 Å². The molecule has 1 N–H and O–H groups in total.